The van der Waals surface area contributed by atoms with E-state index in [1.807, 2.05) is 0 Å². The van der Waals surface area contributed by atoms with Gasteiger partial charge in [0.25, 0.3) is 0 Å². The van der Waals surface area contributed by atoms with Gasteiger partial charge < -0.3 is 121 Å². The normalized spacial score (nSPS) is 22.9. The summed E-state index contributed by atoms with van der Waals surface area (Å²) in [6.45, 7) is 0. The molecule has 84 heavy (non-hydrogen) atoms. The topological polar surface area (TPSA) is 442 Å². The highest BCUT2D eigenvalue weighted by Crippen LogP contribution is 2.60. The van der Waals surface area contributed by atoms with E-state index in [1.54, 1.807) is 0 Å². The van der Waals surface area contributed by atoms with Crippen LogP contribution in [0.3, 0.4) is 0 Å². The molecule has 10 atom stereocenters. The van der Waals surface area contributed by atoms with E-state index in [4.69, 9.17) is 18.9 Å². The van der Waals surface area contributed by atoms with Crippen LogP contribution in [0.4, 0.5) is 0 Å². The van der Waals surface area contributed by atoms with Crippen LogP contribution >= 0.6 is 0 Å². The zero-order valence-electron chi connectivity index (χ0n) is 43.2. The summed E-state index contributed by atoms with van der Waals surface area (Å²) in [4.78, 5) is 0. The number of phenolic OH excluding ortho intramolecular Hbond substituents is 16. The number of fused-ring (bicyclic) bond motifs is 4. The lowest BCUT2D eigenvalue weighted by molar-refractivity contribution is 0.00113. The molecule has 4 heterocycles. The van der Waals surface area contributed by atoms with Gasteiger partial charge in [-0.25, -0.2) is 0 Å². The van der Waals surface area contributed by atoms with E-state index in [2.05, 4.69) is 0 Å². The Balaban J connectivity index is 0.000000175. The van der Waals surface area contributed by atoms with Crippen molar-refractivity contribution < 1.29 is 121 Å². The summed E-state index contributed by atoms with van der Waals surface area (Å²) in [6.07, 6.45) is -10.9. The zero-order valence-corrected chi connectivity index (χ0v) is 43.2. The van der Waals surface area contributed by atoms with Crippen LogP contribution in [0.1, 0.15) is 91.9 Å². The van der Waals surface area contributed by atoms with E-state index in [1.165, 1.54) is 84.9 Å². The highest BCUT2D eigenvalue weighted by Gasteiger charge is 2.48. The van der Waals surface area contributed by atoms with Gasteiger partial charge in [-0.2, -0.15) is 0 Å². The fourth-order valence-electron chi connectivity index (χ4n) is 11.4. The average molecular weight is 1160 g/mol. The van der Waals surface area contributed by atoms with Crippen LogP contribution in [0.25, 0.3) is 0 Å². The van der Waals surface area contributed by atoms with Gasteiger partial charge in [0.15, 0.2) is 58.2 Å². The van der Waals surface area contributed by atoms with Crippen LogP contribution in [0.5, 0.6) is 115 Å². The number of benzene rings is 8. The standard InChI is InChI=1S/2C30H26O12/c2*31-13-7-20(37)24-23(8-13)41-29(12-2-4-16(33)19(36)6-12)27(40)26(24)25-21(38)10-17(34)14-9-22(39)28(42-30(14)25)11-1-3-15(32)18(35)5-11/h2*1-8,10,22,26-29,31-40H,9H2/t2*22-,26-,27-,28-,29-/m11/s1. The summed E-state index contributed by atoms with van der Waals surface area (Å²) >= 11 is 0. The second kappa shape index (κ2) is 20.9. The third kappa shape index (κ3) is 9.52. The van der Waals surface area contributed by atoms with Gasteiger partial charge in [-0.15, -0.1) is 0 Å². The summed E-state index contributed by atoms with van der Waals surface area (Å²) in [6, 6.07) is 21.6. The first-order valence-electron chi connectivity index (χ1n) is 25.6. The number of aliphatic hydroxyl groups is 4. The summed E-state index contributed by atoms with van der Waals surface area (Å²) in [5, 5.41) is 211. The second-order valence-electron chi connectivity index (χ2n) is 20.7. The molecule has 0 saturated heterocycles. The molecule has 4 aliphatic rings. The van der Waals surface area contributed by atoms with Crippen molar-refractivity contribution in [3.8, 4) is 115 Å². The molecule has 0 saturated carbocycles. The Bertz CT molecular complexity index is 3690. The SMILES string of the molecule is Oc1cc(O)c2c(c1)O[C@H](c1ccc(O)c(O)c1)[C@H](O)[C@H]2c1c(O)cc(O)c2c1O[C@H](c1ccc(O)c(O)c1)[C@H](O)C2.Oc1cc(O)c2c(c1)O[C@H](c1ccc(O)c(O)c1)[C@H](O)[C@H]2c1c(O)cc(O)c2c1O[C@H](c1ccc(O)c(O)c1)[C@H](O)C2. The molecule has 0 aromatic heterocycles. The fourth-order valence-corrected chi connectivity index (χ4v) is 11.4. The van der Waals surface area contributed by atoms with Gasteiger partial charge in [0.2, 0.25) is 0 Å². The largest absolute Gasteiger partial charge is 0.508 e. The Morgan fingerprint density at radius 2 is 0.571 bits per heavy atom. The first kappa shape index (κ1) is 55.5. The predicted octanol–water partition coefficient (Wildman–Crippen LogP) is 5.99. The van der Waals surface area contributed by atoms with Gasteiger partial charge >= 0.3 is 0 Å². The first-order chi connectivity index (χ1) is 39.9. The molecule has 4 aliphatic heterocycles. The van der Waals surface area contributed by atoms with Crippen molar-refractivity contribution >= 4 is 0 Å². The van der Waals surface area contributed by atoms with Crippen molar-refractivity contribution in [2.24, 2.45) is 0 Å². The minimum Gasteiger partial charge on any atom is -0.508 e. The molecule has 0 spiro atoms. The molecule has 0 radical (unpaired) electrons. The lowest BCUT2D eigenvalue weighted by Crippen LogP contribution is -2.36. The van der Waals surface area contributed by atoms with Crippen LogP contribution in [0, 0.1) is 0 Å². The number of hydrogen-bond donors (Lipinski definition) is 20. The van der Waals surface area contributed by atoms with E-state index in [9.17, 15) is 102 Å². The second-order valence-corrected chi connectivity index (χ2v) is 20.7. The van der Waals surface area contributed by atoms with Gasteiger partial charge in [0.1, 0.15) is 93.4 Å². The molecule has 8 aromatic carbocycles. The van der Waals surface area contributed by atoms with Crippen LogP contribution in [0.15, 0.2) is 109 Å². The Morgan fingerprint density at radius 1 is 0.274 bits per heavy atom. The van der Waals surface area contributed by atoms with Gasteiger partial charge in [-0.05, 0) is 70.8 Å². The van der Waals surface area contributed by atoms with Crippen LogP contribution < -0.4 is 18.9 Å². The first-order valence-corrected chi connectivity index (χ1v) is 25.6. The van der Waals surface area contributed by atoms with Crippen molar-refractivity contribution in [1.29, 1.82) is 0 Å². The van der Waals surface area contributed by atoms with Gasteiger partial charge in [-0.3, -0.25) is 0 Å². The maximum atomic E-state index is 11.8. The van der Waals surface area contributed by atoms with Gasteiger partial charge in [0.05, 0.1) is 24.0 Å². The molecule has 0 aliphatic carbocycles. The van der Waals surface area contributed by atoms with E-state index in [0.29, 0.717) is 0 Å². The van der Waals surface area contributed by atoms with Crippen LogP contribution in [-0.2, 0) is 12.8 Å². The molecule has 436 valence electrons. The smallest absolute Gasteiger partial charge is 0.157 e. The summed E-state index contributed by atoms with van der Waals surface area (Å²) in [5.74, 6) is -10.2. The molecular formula is C60H52O24. The number of rotatable bonds is 6. The third-order valence-corrected chi connectivity index (χ3v) is 15.3. The Morgan fingerprint density at radius 3 is 0.881 bits per heavy atom. The Labute approximate surface area is 473 Å². The molecule has 24 nitrogen and oxygen atoms in total. The Hall–Kier alpha value is -10.4. The minimum atomic E-state index is -1.59. The van der Waals surface area contributed by atoms with E-state index in [0.717, 1.165) is 24.3 Å². The highest BCUT2D eigenvalue weighted by atomic mass is 16.5. The maximum absolute atomic E-state index is 11.8. The molecule has 24 heteroatoms. The lowest BCUT2D eigenvalue weighted by Gasteiger charge is -2.40. The molecular weight excluding hydrogens is 1100 g/mol. The van der Waals surface area contributed by atoms with Crippen molar-refractivity contribution in [1.82, 2.24) is 0 Å². The fraction of sp³-hybridized carbons (Fsp3) is 0.200. The molecule has 0 bridgehead atoms. The van der Waals surface area contributed by atoms with E-state index in [-0.39, 0.29) is 103 Å². The van der Waals surface area contributed by atoms with Crippen molar-refractivity contribution in [3.05, 3.63) is 165 Å². The van der Waals surface area contributed by atoms with Crippen molar-refractivity contribution in [3.63, 3.8) is 0 Å². The number of aliphatic hydroxyl groups excluding tert-OH is 4. The molecule has 0 amide bonds. The molecule has 8 aromatic rings. The Kier molecular flexibility index (Phi) is 13.8. The summed E-state index contributed by atoms with van der Waals surface area (Å²) in [5.41, 5.74) is 0.869. The number of ether oxygens (including phenoxy) is 4. The maximum Gasteiger partial charge on any atom is 0.157 e. The molecule has 20 N–H and O–H groups in total. The highest BCUT2D eigenvalue weighted by molar-refractivity contribution is 5.68. The summed E-state index contributed by atoms with van der Waals surface area (Å²) in [7, 11) is 0. The van der Waals surface area contributed by atoms with E-state index >= 15 is 0 Å². The lowest BCUT2D eigenvalue weighted by atomic mass is 9.77. The van der Waals surface area contributed by atoms with Gasteiger partial charge in [-0.1, -0.05) is 24.3 Å². The van der Waals surface area contributed by atoms with Crippen molar-refractivity contribution in [2.45, 2.75) is 73.5 Å². The number of phenols is 16. The molecule has 0 unspecified atom stereocenters. The van der Waals surface area contributed by atoms with Crippen LogP contribution in [-0.4, -0.2) is 127 Å². The molecule has 0 fully saturated rings. The monoisotopic (exact) mass is 1160 g/mol. The third-order valence-electron chi connectivity index (χ3n) is 15.3. The summed E-state index contributed by atoms with van der Waals surface area (Å²) < 4.78 is 24.2. The minimum absolute atomic E-state index is 0.0312. The zero-order chi connectivity index (χ0) is 60.1. The quantitative estimate of drug-likeness (QED) is 0.0850. The van der Waals surface area contributed by atoms with E-state index < -0.39 is 141 Å². The van der Waals surface area contributed by atoms with Crippen LogP contribution in [0.2, 0.25) is 0 Å². The average Bonchev–Trinajstić information content (AvgIpc) is 0.835. The predicted molar refractivity (Wildman–Crippen MR) is 287 cm³/mol. The van der Waals surface area contributed by atoms with Crippen molar-refractivity contribution in [2.75, 3.05) is 0 Å². The molecule has 12 rings (SSSR count). The number of hydrogen-bond acceptors (Lipinski definition) is 24. The number of aromatic hydroxyl groups is 16. The van der Waals surface area contributed by atoms with Gasteiger partial charge in [0, 0.05) is 82.6 Å².